The highest BCUT2D eigenvalue weighted by atomic mass is 16.2. The third-order valence-electron chi connectivity index (χ3n) is 6.87. The van der Waals surface area contributed by atoms with E-state index in [1.54, 1.807) is 12.5 Å². The van der Waals surface area contributed by atoms with Gasteiger partial charge in [-0.1, -0.05) is 6.07 Å². The maximum absolute atomic E-state index is 12.8. The van der Waals surface area contributed by atoms with E-state index in [1.807, 2.05) is 37.3 Å². The molecular formula is C25H27N9O. The van der Waals surface area contributed by atoms with Gasteiger partial charge in [-0.2, -0.15) is 0 Å². The Morgan fingerprint density at radius 3 is 3.03 bits per heavy atom. The quantitative estimate of drug-likeness (QED) is 0.395. The molecule has 0 spiro atoms. The zero-order chi connectivity index (χ0) is 23.8. The maximum atomic E-state index is 12.8. The highest BCUT2D eigenvalue weighted by Crippen LogP contribution is 2.32. The van der Waals surface area contributed by atoms with E-state index >= 15 is 0 Å². The standard InChI is InChI=1S/C25H27N9O/c1-16-4-5-17(31-21(35)13-34-10-9-33-8-6-18(34)12-33)11-20(16)32-24-19(3-2-7-26-24)22-23-25(29-14-27-22)30-15-28-23/h2-5,7,11,14-15,18H,6,8-10,12-13H2,1H3,(H,26,32)(H,31,35)(H,27,28,29,30). The first-order chi connectivity index (χ1) is 17.1. The lowest BCUT2D eigenvalue weighted by Crippen LogP contribution is -2.49. The number of nitrogens with zero attached hydrogens (tertiary/aromatic N) is 6. The third-order valence-corrected chi connectivity index (χ3v) is 6.87. The number of H-pyrrole nitrogens is 1. The van der Waals surface area contributed by atoms with Crippen molar-refractivity contribution < 1.29 is 4.79 Å². The number of amides is 1. The van der Waals surface area contributed by atoms with Crippen molar-refractivity contribution in [1.82, 2.24) is 34.7 Å². The van der Waals surface area contributed by atoms with Crippen molar-refractivity contribution in [3.8, 4) is 11.3 Å². The molecule has 4 aromatic rings. The molecule has 2 atom stereocenters. The van der Waals surface area contributed by atoms with E-state index in [1.165, 1.54) is 6.33 Å². The average Bonchev–Trinajstić information content (AvgIpc) is 3.50. The first kappa shape index (κ1) is 21.6. The van der Waals surface area contributed by atoms with Crippen molar-refractivity contribution in [3.05, 3.63) is 54.7 Å². The van der Waals surface area contributed by atoms with Crippen LogP contribution >= 0.6 is 0 Å². The second-order valence-electron chi connectivity index (χ2n) is 9.14. The van der Waals surface area contributed by atoms with E-state index < -0.39 is 0 Å². The third kappa shape index (κ3) is 4.33. The summed E-state index contributed by atoms with van der Waals surface area (Å²) < 4.78 is 0. The number of benzene rings is 1. The van der Waals surface area contributed by atoms with Crippen molar-refractivity contribution in [2.45, 2.75) is 19.4 Å². The van der Waals surface area contributed by atoms with Crippen molar-refractivity contribution in [2.24, 2.45) is 0 Å². The Hall–Kier alpha value is -3.89. The van der Waals surface area contributed by atoms with Crippen LogP contribution in [0.25, 0.3) is 22.4 Å². The molecule has 1 amide bonds. The Morgan fingerprint density at radius 2 is 2.09 bits per heavy atom. The van der Waals surface area contributed by atoms with Gasteiger partial charge in [-0.05, 0) is 49.7 Å². The fourth-order valence-electron chi connectivity index (χ4n) is 4.98. The van der Waals surface area contributed by atoms with Gasteiger partial charge in [0.05, 0.1) is 12.9 Å². The van der Waals surface area contributed by atoms with Gasteiger partial charge in [-0.3, -0.25) is 9.69 Å². The summed E-state index contributed by atoms with van der Waals surface area (Å²) in [5, 5.41) is 6.51. The van der Waals surface area contributed by atoms with Crippen molar-refractivity contribution in [1.29, 1.82) is 0 Å². The molecule has 178 valence electrons. The molecular weight excluding hydrogens is 442 g/mol. The van der Waals surface area contributed by atoms with E-state index in [4.69, 9.17) is 0 Å². The molecule has 2 aliphatic rings. The lowest BCUT2D eigenvalue weighted by molar-refractivity contribution is -0.118. The number of aryl methyl sites for hydroxylation is 1. The molecule has 3 aromatic heterocycles. The summed E-state index contributed by atoms with van der Waals surface area (Å²) in [4.78, 5) is 38.3. The van der Waals surface area contributed by atoms with Gasteiger partial charge in [-0.25, -0.2) is 19.9 Å². The van der Waals surface area contributed by atoms with Gasteiger partial charge in [0.25, 0.3) is 0 Å². The number of hydrogen-bond acceptors (Lipinski definition) is 8. The molecule has 0 radical (unpaired) electrons. The molecule has 35 heavy (non-hydrogen) atoms. The second kappa shape index (κ2) is 9.05. The number of rotatable bonds is 6. The molecule has 6 rings (SSSR count). The summed E-state index contributed by atoms with van der Waals surface area (Å²) in [5.41, 5.74) is 5.52. The smallest absolute Gasteiger partial charge is 0.238 e. The maximum Gasteiger partial charge on any atom is 0.238 e. The number of nitrogens with one attached hydrogen (secondary N) is 3. The first-order valence-electron chi connectivity index (χ1n) is 11.9. The van der Waals surface area contributed by atoms with E-state index in [0.717, 1.165) is 55.1 Å². The van der Waals surface area contributed by atoms with Crippen LogP contribution in [0.3, 0.4) is 0 Å². The highest BCUT2D eigenvalue weighted by Gasteiger charge is 2.33. The summed E-state index contributed by atoms with van der Waals surface area (Å²) in [6, 6.07) is 10.2. The topological polar surface area (TPSA) is 115 Å². The Labute approximate surface area is 202 Å². The average molecular weight is 470 g/mol. The van der Waals surface area contributed by atoms with Crippen LogP contribution in [0.4, 0.5) is 17.2 Å². The van der Waals surface area contributed by atoms with Crippen LogP contribution in [0.5, 0.6) is 0 Å². The van der Waals surface area contributed by atoms with E-state index in [-0.39, 0.29) is 5.91 Å². The number of imidazole rings is 1. The van der Waals surface area contributed by atoms with Gasteiger partial charge in [-0.15, -0.1) is 0 Å². The van der Waals surface area contributed by atoms with Crippen molar-refractivity contribution >= 4 is 34.3 Å². The molecule has 1 aromatic carbocycles. The van der Waals surface area contributed by atoms with Crippen LogP contribution in [0.15, 0.2) is 49.2 Å². The Bertz CT molecular complexity index is 1380. The minimum Gasteiger partial charge on any atom is -0.339 e. The number of fused-ring (bicyclic) bond motifs is 3. The fraction of sp³-hybridized carbons (Fsp3) is 0.320. The lowest BCUT2D eigenvalue weighted by atomic mass is 10.1. The number of pyridine rings is 1. The normalized spacial score (nSPS) is 19.7. The van der Waals surface area contributed by atoms with Gasteiger partial charge in [0.2, 0.25) is 5.91 Å². The van der Waals surface area contributed by atoms with Crippen LogP contribution in [-0.4, -0.2) is 79.4 Å². The van der Waals surface area contributed by atoms with Gasteiger partial charge in [0.1, 0.15) is 23.4 Å². The molecule has 2 saturated heterocycles. The van der Waals surface area contributed by atoms with E-state index in [2.05, 4.69) is 45.4 Å². The number of hydrogen-bond donors (Lipinski definition) is 3. The molecule has 0 saturated carbocycles. The Balaban J connectivity index is 1.22. The zero-order valence-corrected chi connectivity index (χ0v) is 19.5. The monoisotopic (exact) mass is 469 g/mol. The number of aromatic nitrogens is 5. The van der Waals surface area contributed by atoms with Crippen LogP contribution in [-0.2, 0) is 4.79 Å². The molecule has 3 N–H and O–H groups in total. The molecule has 2 bridgehead atoms. The molecule has 2 fully saturated rings. The highest BCUT2D eigenvalue weighted by molar-refractivity contribution is 5.94. The molecule has 5 heterocycles. The van der Waals surface area contributed by atoms with E-state index in [9.17, 15) is 4.79 Å². The minimum atomic E-state index is 0.0144. The molecule has 10 nitrogen and oxygen atoms in total. The SMILES string of the molecule is Cc1ccc(NC(=O)CN2CCN3CCC2C3)cc1Nc1ncccc1-c1ncnc2[nH]cnc12. The Kier molecular flexibility index (Phi) is 5.59. The molecule has 10 heteroatoms. The molecule has 2 unspecified atom stereocenters. The number of carbonyl (C=O) groups excluding carboxylic acids is 1. The largest absolute Gasteiger partial charge is 0.339 e. The number of aromatic amines is 1. The Morgan fingerprint density at radius 1 is 1.14 bits per heavy atom. The van der Waals surface area contributed by atoms with Gasteiger partial charge >= 0.3 is 0 Å². The van der Waals surface area contributed by atoms with Gasteiger partial charge in [0, 0.05) is 48.8 Å². The summed E-state index contributed by atoms with van der Waals surface area (Å²) in [5.74, 6) is 0.668. The predicted octanol–water partition coefficient (Wildman–Crippen LogP) is 2.80. The van der Waals surface area contributed by atoms with Crippen LogP contribution < -0.4 is 10.6 Å². The van der Waals surface area contributed by atoms with Crippen LogP contribution in [0.2, 0.25) is 0 Å². The van der Waals surface area contributed by atoms with E-state index in [0.29, 0.717) is 35.3 Å². The lowest BCUT2D eigenvalue weighted by Gasteiger charge is -2.33. The van der Waals surface area contributed by atoms with Crippen molar-refractivity contribution in [2.75, 3.05) is 43.4 Å². The number of anilines is 3. The second-order valence-corrected chi connectivity index (χ2v) is 9.14. The predicted molar refractivity (Wildman–Crippen MR) is 134 cm³/mol. The summed E-state index contributed by atoms with van der Waals surface area (Å²) >= 11 is 0. The zero-order valence-electron chi connectivity index (χ0n) is 19.5. The van der Waals surface area contributed by atoms with Crippen molar-refractivity contribution in [3.63, 3.8) is 0 Å². The van der Waals surface area contributed by atoms with Crippen LogP contribution in [0, 0.1) is 6.92 Å². The molecule has 0 aliphatic carbocycles. The fourth-order valence-corrected chi connectivity index (χ4v) is 4.98. The van der Waals surface area contributed by atoms with Gasteiger partial charge in [0.15, 0.2) is 5.65 Å². The minimum absolute atomic E-state index is 0.0144. The summed E-state index contributed by atoms with van der Waals surface area (Å²) in [6.45, 7) is 6.67. The number of piperazine rings is 1. The summed E-state index contributed by atoms with van der Waals surface area (Å²) in [6.07, 6.45) is 6.00. The van der Waals surface area contributed by atoms with Gasteiger partial charge < -0.3 is 20.5 Å². The first-order valence-corrected chi connectivity index (χ1v) is 11.9. The number of carbonyl (C=O) groups is 1. The summed E-state index contributed by atoms with van der Waals surface area (Å²) in [7, 11) is 0. The van der Waals surface area contributed by atoms with Crippen LogP contribution in [0.1, 0.15) is 12.0 Å². The molecule has 2 aliphatic heterocycles.